The van der Waals surface area contributed by atoms with Gasteiger partial charge in [0.05, 0.1) is 25.0 Å². The Morgan fingerprint density at radius 3 is 2.23 bits per heavy atom. The van der Waals surface area contributed by atoms with Gasteiger partial charge in [0, 0.05) is 11.8 Å². The average Bonchev–Trinajstić information content (AvgIpc) is 2.70. The maximum Gasteiger partial charge on any atom is 0.342 e. The summed E-state index contributed by atoms with van der Waals surface area (Å²) >= 11 is 0. The van der Waals surface area contributed by atoms with Crippen molar-refractivity contribution in [3.63, 3.8) is 0 Å². The third-order valence-electron chi connectivity index (χ3n) is 4.28. The van der Waals surface area contributed by atoms with Gasteiger partial charge in [-0.3, -0.25) is 0 Å². The van der Waals surface area contributed by atoms with E-state index in [0.29, 0.717) is 5.56 Å². The van der Waals surface area contributed by atoms with E-state index < -0.39 is 33.5 Å². The lowest BCUT2D eigenvalue weighted by molar-refractivity contribution is 0.0528. The topological polar surface area (TPSA) is 112 Å². The van der Waals surface area contributed by atoms with Crippen molar-refractivity contribution in [1.29, 1.82) is 0 Å². The third kappa shape index (κ3) is 5.78. The van der Waals surface area contributed by atoms with E-state index >= 15 is 0 Å². The molecule has 0 saturated heterocycles. The van der Waals surface area contributed by atoms with Crippen LogP contribution in [0.2, 0.25) is 0 Å². The number of ether oxygens (including phenoxy) is 2. The van der Waals surface area contributed by atoms with Gasteiger partial charge < -0.3 is 14.8 Å². The first-order valence-corrected chi connectivity index (χ1v) is 11.6. The van der Waals surface area contributed by atoms with Crippen LogP contribution in [0.4, 0.5) is 10.2 Å². The fourth-order valence-electron chi connectivity index (χ4n) is 2.96. The van der Waals surface area contributed by atoms with Crippen LogP contribution in [-0.4, -0.2) is 51.2 Å². The Kier molecular flexibility index (Phi) is 7.72. The number of carbonyl (C=O) groups is 2. The van der Waals surface area contributed by atoms with Crippen LogP contribution >= 0.6 is 0 Å². The van der Waals surface area contributed by atoms with E-state index in [1.54, 1.807) is 20.8 Å². The van der Waals surface area contributed by atoms with Crippen molar-refractivity contribution in [1.82, 2.24) is 4.98 Å². The molecule has 31 heavy (non-hydrogen) atoms. The number of halogens is 1. The highest BCUT2D eigenvalue weighted by molar-refractivity contribution is 7.90. The first kappa shape index (κ1) is 24.3. The quantitative estimate of drug-likeness (QED) is 0.607. The number of aromatic nitrogens is 1. The number of pyridine rings is 1. The molecule has 0 aliphatic rings. The number of esters is 2. The van der Waals surface area contributed by atoms with E-state index in [2.05, 4.69) is 10.3 Å². The highest BCUT2D eigenvalue weighted by atomic mass is 32.2. The summed E-state index contributed by atoms with van der Waals surface area (Å²) in [5, 5.41) is 2.67. The largest absolute Gasteiger partial charge is 0.465 e. The Labute approximate surface area is 180 Å². The van der Waals surface area contributed by atoms with Gasteiger partial charge in [-0.1, -0.05) is 26.0 Å². The fourth-order valence-corrected chi connectivity index (χ4v) is 3.36. The van der Waals surface area contributed by atoms with E-state index in [1.165, 1.54) is 31.4 Å². The number of benzene rings is 1. The maximum atomic E-state index is 13.6. The summed E-state index contributed by atoms with van der Waals surface area (Å²) in [6, 6.07) is 5.18. The van der Waals surface area contributed by atoms with Crippen LogP contribution < -0.4 is 5.32 Å². The Hall–Kier alpha value is -3.01. The number of rotatable bonds is 8. The van der Waals surface area contributed by atoms with Crippen molar-refractivity contribution < 1.29 is 31.9 Å². The highest BCUT2D eigenvalue weighted by Crippen LogP contribution is 2.37. The molecule has 0 aliphatic carbocycles. The summed E-state index contributed by atoms with van der Waals surface area (Å²) in [5.74, 6) is -2.90. The third-order valence-corrected chi connectivity index (χ3v) is 4.94. The molecule has 0 fully saturated rings. The van der Waals surface area contributed by atoms with Crippen molar-refractivity contribution in [2.45, 2.75) is 26.7 Å². The molecular formula is C21H25FN2O6S. The van der Waals surface area contributed by atoms with Gasteiger partial charge in [-0.05, 0) is 30.5 Å². The Bertz CT molecular complexity index is 1080. The second-order valence-corrected chi connectivity index (χ2v) is 9.23. The average molecular weight is 453 g/mol. The van der Waals surface area contributed by atoms with Gasteiger partial charge in [-0.2, -0.15) is 0 Å². The lowest BCUT2D eigenvalue weighted by atomic mass is 9.90. The standard InChI is InChI=1S/C21H25FN2O6S/c1-6-30-21(26)17-15(13-7-9-14(22)10-8-13)16(20(25)29-4)18(12(2)3)24-19(17)23-11-31(5,27)28/h7-10,12H,6,11H2,1-5H3,(H,23,24). The minimum absolute atomic E-state index is 0.0251. The van der Waals surface area contributed by atoms with Gasteiger partial charge in [-0.25, -0.2) is 27.4 Å². The van der Waals surface area contributed by atoms with Crippen molar-refractivity contribution in [3.05, 3.63) is 46.9 Å². The smallest absolute Gasteiger partial charge is 0.342 e. The molecule has 0 radical (unpaired) electrons. The molecule has 0 amide bonds. The summed E-state index contributed by atoms with van der Waals surface area (Å²) in [5.41, 5.74) is 0.644. The van der Waals surface area contributed by atoms with Gasteiger partial charge in [0.15, 0.2) is 9.84 Å². The van der Waals surface area contributed by atoms with Crippen molar-refractivity contribution in [3.8, 4) is 11.1 Å². The fraction of sp³-hybridized carbons (Fsp3) is 0.381. The molecule has 2 rings (SSSR count). The Morgan fingerprint density at radius 2 is 1.74 bits per heavy atom. The van der Waals surface area contributed by atoms with Crippen LogP contribution in [0.1, 0.15) is 53.1 Å². The summed E-state index contributed by atoms with van der Waals surface area (Å²) in [7, 11) is -2.27. The molecule has 1 aromatic carbocycles. The van der Waals surface area contributed by atoms with E-state index in [1.807, 2.05) is 0 Å². The van der Waals surface area contributed by atoms with Crippen LogP contribution in [0, 0.1) is 5.82 Å². The second kappa shape index (κ2) is 9.86. The Balaban J connectivity index is 2.99. The summed E-state index contributed by atoms with van der Waals surface area (Å²) in [6.45, 7) is 5.21. The zero-order valence-corrected chi connectivity index (χ0v) is 18.8. The molecule has 0 atom stereocenters. The molecule has 1 N–H and O–H groups in total. The van der Waals surface area contributed by atoms with E-state index in [0.717, 1.165) is 6.26 Å². The molecule has 0 bridgehead atoms. The van der Waals surface area contributed by atoms with Crippen LogP contribution in [0.25, 0.3) is 11.1 Å². The molecule has 0 saturated carbocycles. The highest BCUT2D eigenvalue weighted by Gasteiger charge is 2.31. The minimum Gasteiger partial charge on any atom is -0.465 e. The molecular weight excluding hydrogens is 427 g/mol. The van der Waals surface area contributed by atoms with Gasteiger partial charge in [0.25, 0.3) is 0 Å². The number of nitrogens with zero attached hydrogens (tertiary/aromatic N) is 1. The normalized spacial score (nSPS) is 11.3. The van der Waals surface area contributed by atoms with E-state index in [4.69, 9.17) is 9.47 Å². The van der Waals surface area contributed by atoms with Crippen molar-refractivity contribution >= 4 is 27.6 Å². The predicted octanol–water partition coefficient (Wildman–Crippen LogP) is 3.39. The molecule has 1 aromatic heterocycles. The summed E-state index contributed by atoms with van der Waals surface area (Å²) < 4.78 is 47.1. The van der Waals surface area contributed by atoms with Crippen LogP contribution in [-0.2, 0) is 19.3 Å². The van der Waals surface area contributed by atoms with E-state index in [-0.39, 0.29) is 40.7 Å². The number of nitrogens with one attached hydrogen (secondary N) is 1. The molecule has 2 aromatic rings. The molecule has 0 unspecified atom stereocenters. The van der Waals surface area contributed by atoms with Crippen molar-refractivity contribution in [2.24, 2.45) is 0 Å². The lowest BCUT2D eigenvalue weighted by Crippen LogP contribution is -2.22. The summed E-state index contributed by atoms with van der Waals surface area (Å²) in [4.78, 5) is 30.1. The summed E-state index contributed by atoms with van der Waals surface area (Å²) in [6.07, 6.45) is 1.02. The number of hydrogen-bond acceptors (Lipinski definition) is 8. The maximum absolute atomic E-state index is 13.6. The zero-order valence-electron chi connectivity index (χ0n) is 18.0. The molecule has 1 heterocycles. The molecule has 168 valence electrons. The number of sulfone groups is 1. The first-order valence-electron chi connectivity index (χ1n) is 9.51. The van der Waals surface area contributed by atoms with E-state index in [9.17, 15) is 22.4 Å². The molecule has 8 nitrogen and oxygen atoms in total. The first-order chi connectivity index (χ1) is 14.5. The minimum atomic E-state index is -3.47. The zero-order chi connectivity index (χ0) is 23.3. The number of hydrogen-bond donors (Lipinski definition) is 1. The number of anilines is 1. The molecule has 0 spiro atoms. The van der Waals surface area contributed by atoms with Crippen molar-refractivity contribution in [2.75, 3.05) is 31.2 Å². The van der Waals surface area contributed by atoms with Gasteiger partial charge in [0.1, 0.15) is 23.1 Å². The van der Waals surface area contributed by atoms with Crippen LogP contribution in [0.5, 0.6) is 0 Å². The lowest BCUT2D eigenvalue weighted by Gasteiger charge is -2.21. The number of carbonyl (C=O) groups excluding carboxylic acids is 2. The second-order valence-electron chi connectivity index (χ2n) is 7.09. The number of methoxy groups -OCH3 is 1. The van der Waals surface area contributed by atoms with Gasteiger partial charge in [0.2, 0.25) is 0 Å². The Morgan fingerprint density at radius 1 is 1.13 bits per heavy atom. The van der Waals surface area contributed by atoms with Gasteiger partial charge in [-0.15, -0.1) is 0 Å². The van der Waals surface area contributed by atoms with Gasteiger partial charge >= 0.3 is 11.9 Å². The molecule has 10 heteroatoms. The SMILES string of the molecule is CCOC(=O)c1c(NCS(C)(=O)=O)nc(C(C)C)c(C(=O)OC)c1-c1ccc(F)cc1. The molecule has 0 aliphatic heterocycles. The van der Waals surface area contributed by atoms with Crippen LogP contribution in [0.3, 0.4) is 0 Å². The van der Waals surface area contributed by atoms with Crippen LogP contribution in [0.15, 0.2) is 24.3 Å². The predicted molar refractivity (Wildman–Crippen MR) is 114 cm³/mol. The monoisotopic (exact) mass is 452 g/mol.